The minimum Gasteiger partial charge on any atom is -0.310 e. The first-order valence-corrected chi connectivity index (χ1v) is 5.82. The smallest absolute Gasteiger partial charge is 0.259 e. The van der Waals surface area contributed by atoms with Gasteiger partial charge >= 0.3 is 0 Å². The van der Waals surface area contributed by atoms with Crippen molar-refractivity contribution < 1.29 is 4.79 Å². The van der Waals surface area contributed by atoms with Crippen LogP contribution in [-0.2, 0) is 0 Å². The van der Waals surface area contributed by atoms with Crippen LogP contribution >= 0.6 is 0 Å². The van der Waals surface area contributed by atoms with Crippen LogP contribution in [0.1, 0.15) is 21.5 Å². The summed E-state index contributed by atoms with van der Waals surface area (Å²) in [7, 11) is 1.65. The number of nitrogens with zero attached hydrogens (tertiary/aromatic N) is 3. The predicted molar refractivity (Wildman–Crippen MR) is 72.9 cm³/mol. The number of carbonyl (C=O) groups excluding carboxylic acids is 1. The lowest BCUT2D eigenvalue weighted by Crippen LogP contribution is -2.27. The zero-order valence-electron chi connectivity index (χ0n) is 10.8. The van der Waals surface area contributed by atoms with Gasteiger partial charge in [-0.2, -0.15) is 5.26 Å². The number of hydrogen-bond acceptors (Lipinski definition) is 3. The summed E-state index contributed by atoms with van der Waals surface area (Å²) >= 11 is 0. The van der Waals surface area contributed by atoms with Crippen molar-refractivity contribution in [1.29, 1.82) is 5.26 Å². The van der Waals surface area contributed by atoms with Crippen molar-refractivity contribution in [3.63, 3.8) is 0 Å². The van der Waals surface area contributed by atoms with Gasteiger partial charge in [0.25, 0.3) is 5.91 Å². The van der Waals surface area contributed by atoms with Gasteiger partial charge in [0.05, 0.1) is 16.8 Å². The van der Waals surface area contributed by atoms with Gasteiger partial charge in [-0.05, 0) is 30.7 Å². The number of pyridine rings is 1. The summed E-state index contributed by atoms with van der Waals surface area (Å²) in [5.41, 5.74) is 2.50. The molecule has 0 unspecified atom stereocenters. The van der Waals surface area contributed by atoms with E-state index < -0.39 is 0 Å². The van der Waals surface area contributed by atoms with Gasteiger partial charge in [-0.1, -0.05) is 12.1 Å². The van der Waals surface area contributed by atoms with Gasteiger partial charge in [-0.3, -0.25) is 9.78 Å². The number of aryl methyl sites for hydroxylation is 1. The van der Waals surface area contributed by atoms with Crippen LogP contribution in [-0.4, -0.2) is 17.9 Å². The fourth-order valence-corrected chi connectivity index (χ4v) is 1.84. The van der Waals surface area contributed by atoms with E-state index in [1.807, 2.05) is 6.92 Å². The maximum absolute atomic E-state index is 12.3. The van der Waals surface area contributed by atoms with E-state index in [4.69, 9.17) is 5.26 Å². The summed E-state index contributed by atoms with van der Waals surface area (Å²) in [5, 5.41) is 9.06. The predicted octanol–water partition coefficient (Wildman–Crippen LogP) is 2.54. The van der Waals surface area contributed by atoms with Gasteiger partial charge in [0.2, 0.25) is 0 Å². The minimum absolute atomic E-state index is 0.182. The van der Waals surface area contributed by atoms with Crippen LogP contribution < -0.4 is 4.90 Å². The zero-order valence-corrected chi connectivity index (χ0v) is 10.8. The number of amides is 1. The second-order valence-electron chi connectivity index (χ2n) is 4.24. The van der Waals surface area contributed by atoms with Gasteiger partial charge in [-0.15, -0.1) is 0 Å². The van der Waals surface area contributed by atoms with Crippen molar-refractivity contribution in [2.75, 3.05) is 11.9 Å². The van der Waals surface area contributed by atoms with Crippen molar-refractivity contribution in [3.05, 3.63) is 59.4 Å². The van der Waals surface area contributed by atoms with E-state index in [2.05, 4.69) is 11.1 Å². The summed E-state index contributed by atoms with van der Waals surface area (Å²) in [6.07, 6.45) is 3.22. The third-order valence-electron chi connectivity index (χ3n) is 2.81. The molecule has 2 rings (SSSR count). The van der Waals surface area contributed by atoms with Gasteiger partial charge in [0.1, 0.15) is 6.07 Å². The number of benzene rings is 1. The van der Waals surface area contributed by atoms with Crippen LogP contribution in [0.3, 0.4) is 0 Å². The number of anilines is 1. The first-order valence-electron chi connectivity index (χ1n) is 5.82. The fourth-order valence-electron chi connectivity index (χ4n) is 1.84. The molecule has 0 fully saturated rings. The lowest BCUT2D eigenvalue weighted by molar-refractivity contribution is 0.0992. The first kappa shape index (κ1) is 12.8. The summed E-state index contributed by atoms with van der Waals surface area (Å²) in [5.74, 6) is -0.182. The highest BCUT2D eigenvalue weighted by Gasteiger charge is 2.16. The van der Waals surface area contributed by atoms with Crippen LogP contribution in [0.25, 0.3) is 0 Å². The van der Waals surface area contributed by atoms with Gasteiger partial charge in [0.15, 0.2) is 0 Å². The number of hydrogen-bond donors (Lipinski definition) is 0. The molecular weight excluding hydrogens is 238 g/mol. The summed E-state index contributed by atoms with van der Waals surface area (Å²) in [6.45, 7) is 1.88. The lowest BCUT2D eigenvalue weighted by Gasteiger charge is -2.18. The minimum atomic E-state index is -0.182. The molecule has 0 radical (unpaired) electrons. The normalized spacial score (nSPS) is 9.74. The second kappa shape index (κ2) is 5.32. The van der Waals surface area contributed by atoms with E-state index in [1.165, 1.54) is 11.1 Å². The highest BCUT2D eigenvalue weighted by molar-refractivity contribution is 6.06. The van der Waals surface area contributed by atoms with E-state index in [1.54, 1.807) is 43.6 Å². The second-order valence-corrected chi connectivity index (χ2v) is 4.24. The Morgan fingerprint density at radius 1 is 1.32 bits per heavy atom. The molecule has 0 atom stereocenters. The van der Waals surface area contributed by atoms with Crippen molar-refractivity contribution >= 4 is 11.6 Å². The molecule has 0 spiro atoms. The molecule has 94 valence electrons. The highest BCUT2D eigenvalue weighted by Crippen LogP contribution is 2.20. The van der Waals surface area contributed by atoms with E-state index >= 15 is 0 Å². The molecule has 2 aromatic rings. The molecule has 1 amide bonds. The Labute approximate surface area is 111 Å². The Bertz CT molecular complexity index is 658. The average Bonchev–Trinajstić information content (AvgIpc) is 2.45. The zero-order chi connectivity index (χ0) is 13.8. The SMILES string of the molecule is Cc1cncc(C(=O)N(C)c2ccccc2C#N)c1. The van der Waals surface area contributed by atoms with Crippen LogP contribution in [0, 0.1) is 18.3 Å². The molecule has 19 heavy (non-hydrogen) atoms. The number of para-hydroxylation sites is 1. The van der Waals surface area contributed by atoms with Gasteiger partial charge < -0.3 is 4.90 Å². The van der Waals surface area contributed by atoms with Crippen LogP contribution in [0.4, 0.5) is 5.69 Å². The van der Waals surface area contributed by atoms with Crippen LogP contribution in [0.15, 0.2) is 42.7 Å². The van der Waals surface area contributed by atoms with Crippen molar-refractivity contribution in [3.8, 4) is 6.07 Å². The summed E-state index contributed by atoms with van der Waals surface area (Å²) < 4.78 is 0. The van der Waals surface area contributed by atoms with Gasteiger partial charge in [-0.25, -0.2) is 0 Å². The molecule has 1 aromatic heterocycles. The van der Waals surface area contributed by atoms with Crippen molar-refractivity contribution in [2.24, 2.45) is 0 Å². The topological polar surface area (TPSA) is 57.0 Å². The van der Waals surface area contributed by atoms with E-state index in [9.17, 15) is 4.79 Å². The average molecular weight is 251 g/mol. The standard InChI is InChI=1S/C15H13N3O/c1-11-7-13(10-17-9-11)15(19)18(2)14-6-4-3-5-12(14)8-16/h3-7,9-10H,1-2H3. The molecule has 4 nitrogen and oxygen atoms in total. The molecule has 0 aliphatic rings. The summed E-state index contributed by atoms with van der Waals surface area (Å²) in [4.78, 5) is 17.8. The van der Waals surface area contributed by atoms with Crippen molar-refractivity contribution in [2.45, 2.75) is 6.92 Å². The van der Waals surface area contributed by atoms with Crippen LogP contribution in [0.5, 0.6) is 0 Å². The van der Waals surface area contributed by atoms with E-state index in [-0.39, 0.29) is 5.91 Å². The molecule has 0 aliphatic heterocycles. The first-order chi connectivity index (χ1) is 9.13. The molecule has 1 heterocycles. The van der Waals surface area contributed by atoms with Gasteiger partial charge in [0, 0.05) is 19.4 Å². The molecular formula is C15H13N3O. The number of nitriles is 1. The molecule has 0 saturated carbocycles. The summed E-state index contributed by atoms with van der Waals surface area (Å²) in [6, 6.07) is 10.9. The maximum atomic E-state index is 12.3. The third-order valence-corrected chi connectivity index (χ3v) is 2.81. The molecule has 1 aromatic carbocycles. The number of rotatable bonds is 2. The Kier molecular flexibility index (Phi) is 3.58. The monoisotopic (exact) mass is 251 g/mol. The molecule has 4 heteroatoms. The Morgan fingerprint density at radius 2 is 2.05 bits per heavy atom. The quantitative estimate of drug-likeness (QED) is 0.824. The Hall–Kier alpha value is -2.67. The molecule has 0 aliphatic carbocycles. The Balaban J connectivity index is 2.37. The largest absolute Gasteiger partial charge is 0.310 e. The molecule has 0 saturated heterocycles. The van der Waals surface area contributed by atoms with E-state index in [0.717, 1.165) is 5.56 Å². The van der Waals surface area contributed by atoms with E-state index in [0.29, 0.717) is 16.8 Å². The molecule has 0 N–H and O–H groups in total. The lowest BCUT2D eigenvalue weighted by atomic mass is 10.1. The highest BCUT2D eigenvalue weighted by atomic mass is 16.2. The molecule has 0 bridgehead atoms. The van der Waals surface area contributed by atoms with Crippen molar-refractivity contribution in [1.82, 2.24) is 4.98 Å². The number of carbonyl (C=O) groups is 1. The fraction of sp³-hybridized carbons (Fsp3) is 0.133. The maximum Gasteiger partial charge on any atom is 0.259 e. The van der Waals surface area contributed by atoms with Crippen LogP contribution in [0.2, 0.25) is 0 Å². The number of aromatic nitrogens is 1. The third kappa shape index (κ3) is 2.61. The Morgan fingerprint density at radius 3 is 2.74 bits per heavy atom.